The molecule has 25 heavy (non-hydrogen) atoms. The van der Waals surface area contributed by atoms with Crippen molar-refractivity contribution in [3.63, 3.8) is 0 Å². The van der Waals surface area contributed by atoms with Crippen LogP contribution < -0.4 is 15.5 Å². The first-order chi connectivity index (χ1) is 11.7. The van der Waals surface area contributed by atoms with Gasteiger partial charge in [-0.2, -0.15) is 0 Å². The van der Waals surface area contributed by atoms with Gasteiger partial charge in [0.25, 0.3) is 5.91 Å². The third kappa shape index (κ3) is 3.75. The SMILES string of the molecule is Cl.O=C(c1cccc(N2CCCNC2=O)c1)N1CCC2CCC(C1)N2. The minimum absolute atomic E-state index is 0. The molecule has 3 aliphatic rings. The van der Waals surface area contributed by atoms with Crippen LogP contribution in [0, 0.1) is 0 Å². The number of fused-ring (bicyclic) bond motifs is 2. The summed E-state index contributed by atoms with van der Waals surface area (Å²) in [6.45, 7) is 3.00. The lowest BCUT2D eigenvalue weighted by atomic mass is 10.1. The number of carbonyl (C=O) groups is 2. The number of urea groups is 1. The zero-order valence-electron chi connectivity index (χ0n) is 14.2. The lowest BCUT2D eigenvalue weighted by Gasteiger charge is -2.28. The standard InChI is InChI=1S/C18H24N4O2.ClH/c23-17(21-10-7-14-5-6-15(12-21)20-14)13-3-1-4-16(11-13)22-9-2-8-19-18(22)24;/h1,3-4,11,14-15,20H,2,5-10,12H2,(H,19,24);1H. The number of likely N-dealkylation sites (tertiary alicyclic amines) is 1. The average molecular weight is 365 g/mol. The second-order valence-electron chi connectivity index (χ2n) is 6.97. The van der Waals surface area contributed by atoms with E-state index >= 15 is 0 Å². The van der Waals surface area contributed by atoms with Crippen molar-refractivity contribution in [2.45, 2.75) is 37.8 Å². The summed E-state index contributed by atoms with van der Waals surface area (Å²) in [7, 11) is 0. The third-order valence-electron chi connectivity index (χ3n) is 5.30. The molecule has 6 nitrogen and oxygen atoms in total. The first kappa shape index (κ1) is 18.0. The molecule has 2 N–H and O–H groups in total. The lowest BCUT2D eigenvalue weighted by molar-refractivity contribution is 0.0748. The molecule has 0 aliphatic carbocycles. The monoisotopic (exact) mass is 364 g/mol. The molecule has 3 amide bonds. The van der Waals surface area contributed by atoms with Gasteiger partial charge in [-0.3, -0.25) is 9.69 Å². The highest BCUT2D eigenvalue weighted by Gasteiger charge is 2.31. The van der Waals surface area contributed by atoms with Gasteiger partial charge in [0, 0.05) is 49.5 Å². The number of hydrogen-bond donors (Lipinski definition) is 2. The molecule has 2 unspecified atom stereocenters. The summed E-state index contributed by atoms with van der Waals surface area (Å²) < 4.78 is 0. The van der Waals surface area contributed by atoms with Crippen LogP contribution in [0.1, 0.15) is 36.0 Å². The molecule has 0 aromatic heterocycles. The molecule has 7 heteroatoms. The Morgan fingerprint density at radius 2 is 1.96 bits per heavy atom. The molecule has 2 bridgehead atoms. The van der Waals surface area contributed by atoms with Crippen molar-refractivity contribution in [2.24, 2.45) is 0 Å². The van der Waals surface area contributed by atoms with Crippen LogP contribution in [0.5, 0.6) is 0 Å². The molecule has 4 rings (SSSR count). The summed E-state index contributed by atoms with van der Waals surface area (Å²) in [5, 5.41) is 6.46. The lowest BCUT2D eigenvalue weighted by Crippen LogP contribution is -2.46. The maximum Gasteiger partial charge on any atom is 0.321 e. The van der Waals surface area contributed by atoms with Crippen LogP contribution in [-0.2, 0) is 0 Å². The molecule has 0 spiro atoms. The number of hydrogen-bond acceptors (Lipinski definition) is 3. The van der Waals surface area contributed by atoms with E-state index in [1.54, 1.807) is 4.90 Å². The maximum absolute atomic E-state index is 12.9. The Bertz CT molecular complexity index is 654. The van der Waals surface area contributed by atoms with Crippen LogP contribution in [0.3, 0.4) is 0 Å². The van der Waals surface area contributed by atoms with E-state index in [2.05, 4.69) is 10.6 Å². The van der Waals surface area contributed by atoms with E-state index < -0.39 is 0 Å². The molecule has 3 saturated heterocycles. The van der Waals surface area contributed by atoms with Gasteiger partial charge in [0.2, 0.25) is 0 Å². The summed E-state index contributed by atoms with van der Waals surface area (Å²) >= 11 is 0. The maximum atomic E-state index is 12.9. The Balaban J connectivity index is 0.00000182. The number of halogens is 1. The number of anilines is 1. The van der Waals surface area contributed by atoms with Crippen LogP contribution in [0.25, 0.3) is 0 Å². The van der Waals surface area contributed by atoms with E-state index in [0.29, 0.717) is 24.2 Å². The van der Waals surface area contributed by atoms with Crippen LogP contribution in [0.4, 0.5) is 10.5 Å². The molecular weight excluding hydrogens is 340 g/mol. The summed E-state index contributed by atoms with van der Waals surface area (Å²) in [4.78, 5) is 28.6. The van der Waals surface area contributed by atoms with Crippen molar-refractivity contribution < 1.29 is 9.59 Å². The quantitative estimate of drug-likeness (QED) is 0.843. The number of amides is 3. The van der Waals surface area contributed by atoms with Crippen molar-refractivity contribution in [3.05, 3.63) is 29.8 Å². The Morgan fingerprint density at radius 3 is 2.80 bits per heavy atom. The molecule has 3 heterocycles. The Labute approximate surface area is 154 Å². The normalized spacial score (nSPS) is 25.8. The molecule has 0 saturated carbocycles. The fourth-order valence-corrected chi connectivity index (χ4v) is 3.99. The van der Waals surface area contributed by atoms with E-state index in [4.69, 9.17) is 0 Å². The van der Waals surface area contributed by atoms with Gasteiger partial charge in [-0.1, -0.05) is 6.07 Å². The Morgan fingerprint density at radius 1 is 1.12 bits per heavy atom. The first-order valence-corrected chi connectivity index (χ1v) is 8.91. The fraction of sp³-hybridized carbons (Fsp3) is 0.556. The van der Waals surface area contributed by atoms with Crippen molar-refractivity contribution in [2.75, 3.05) is 31.1 Å². The molecule has 3 aliphatic heterocycles. The van der Waals surface area contributed by atoms with Crippen molar-refractivity contribution >= 4 is 30.0 Å². The number of rotatable bonds is 2. The van der Waals surface area contributed by atoms with Crippen molar-refractivity contribution in [3.8, 4) is 0 Å². The van der Waals surface area contributed by atoms with Gasteiger partial charge < -0.3 is 15.5 Å². The van der Waals surface area contributed by atoms with E-state index in [0.717, 1.165) is 44.6 Å². The van der Waals surface area contributed by atoms with E-state index in [1.165, 1.54) is 6.42 Å². The number of nitrogens with one attached hydrogen (secondary N) is 2. The van der Waals surface area contributed by atoms with Crippen LogP contribution in [0.2, 0.25) is 0 Å². The van der Waals surface area contributed by atoms with Gasteiger partial charge in [0.15, 0.2) is 0 Å². The van der Waals surface area contributed by atoms with Crippen molar-refractivity contribution in [1.82, 2.24) is 15.5 Å². The smallest absolute Gasteiger partial charge is 0.321 e. The molecule has 0 radical (unpaired) electrons. The molecular formula is C18H25ClN4O2. The minimum Gasteiger partial charge on any atom is -0.338 e. The van der Waals surface area contributed by atoms with Gasteiger partial charge in [0.05, 0.1) is 0 Å². The highest BCUT2D eigenvalue weighted by atomic mass is 35.5. The number of benzene rings is 1. The van der Waals surface area contributed by atoms with Crippen molar-refractivity contribution in [1.29, 1.82) is 0 Å². The average Bonchev–Trinajstić information content (AvgIpc) is 2.94. The van der Waals surface area contributed by atoms with Gasteiger partial charge >= 0.3 is 6.03 Å². The summed E-state index contributed by atoms with van der Waals surface area (Å²) in [6, 6.07) is 8.38. The van der Waals surface area contributed by atoms with Crippen LogP contribution >= 0.6 is 12.4 Å². The second-order valence-corrected chi connectivity index (χ2v) is 6.97. The molecule has 3 fully saturated rings. The molecule has 136 valence electrons. The highest BCUT2D eigenvalue weighted by molar-refractivity contribution is 5.98. The predicted molar refractivity (Wildman–Crippen MR) is 99.5 cm³/mol. The van der Waals surface area contributed by atoms with E-state index in [-0.39, 0.29) is 24.3 Å². The number of carbonyl (C=O) groups excluding carboxylic acids is 2. The van der Waals surface area contributed by atoms with Gasteiger partial charge in [-0.25, -0.2) is 4.79 Å². The summed E-state index contributed by atoms with van der Waals surface area (Å²) in [5.74, 6) is 0.0728. The summed E-state index contributed by atoms with van der Waals surface area (Å²) in [6.07, 6.45) is 4.33. The second kappa shape index (κ2) is 7.62. The highest BCUT2D eigenvalue weighted by Crippen LogP contribution is 2.23. The summed E-state index contributed by atoms with van der Waals surface area (Å²) in [5.41, 5.74) is 1.47. The predicted octanol–water partition coefficient (Wildman–Crippen LogP) is 1.99. The zero-order valence-corrected chi connectivity index (χ0v) is 15.1. The zero-order chi connectivity index (χ0) is 16.5. The van der Waals surface area contributed by atoms with Crippen LogP contribution in [-0.4, -0.2) is 55.1 Å². The van der Waals surface area contributed by atoms with E-state index in [9.17, 15) is 9.59 Å². The fourth-order valence-electron chi connectivity index (χ4n) is 3.99. The van der Waals surface area contributed by atoms with E-state index in [1.807, 2.05) is 29.2 Å². The first-order valence-electron chi connectivity index (χ1n) is 8.91. The van der Waals surface area contributed by atoms with Gasteiger partial charge in [0.1, 0.15) is 0 Å². The molecule has 1 aromatic carbocycles. The minimum atomic E-state index is -0.0814. The van der Waals surface area contributed by atoms with Crippen LogP contribution in [0.15, 0.2) is 24.3 Å². The molecule has 1 aromatic rings. The Kier molecular flexibility index (Phi) is 5.49. The third-order valence-corrected chi connectivity index (χ3v) is 5.30. The topological polar surface area (TPSA) is 64.7 Å². The van der Waals surface area contributed by atoms with Gasteiger partial charge in [-0.05, 0) is 43.9 Å². The van der Waals surface area contributed by atoms with Gasteiger partial charge in [-0.15, -0.1) is 12.4 Å². The largest absolute Gasteiger partial charge is 0.338 e. The molecule has 2 atom stereocenters. The number of nitrogens with zero attached hydrogens (tertiary/aromatic N) is 2. The Hall–Kier alpha value is -1.79.